The maximum atomic E-state index is 9.05. The van der Waals surface area contributed by atoms with Gasteiger partial charge in [-0.05, 0) is 37.8 Å². The van der Waals surface area contributed by atoms with Crippen molar-refractivity contribution < 1.29 is 9.84 Å². The summed E-state index contributed by atoms with van der Waals surface area (Å²) < 4.78 is 8.26. The molecule has 5 heterocycles. The van der Waals surface area contributed by atoms with Crippen LogP contribution in [0.2, 0.25) is 0 Å². The average molecular weight is 459 g/mol. The van der Waals surface area contributed by atoms with Gasteiger partial charge in [-0.1, -0.05) is 6.92 Å². The van der Waals surface area contributed by atoms with Crippen LogP contribution in [0.25, 0.3) is 0 Å². The van der Waals surface area contributed by atoms with E-state index in [0.717, 1.165) is 57.5 Å². The van der Waals surface area contributed by atoms with Crippen LogP contribution in [0.3, 0.4) is 0 Å². The van der Waals surface area contributed by atoms with Crippen LogP contribution in [-0.4, -0.2) is 57.1 Å². The van der Waals surface area contributed by atoms with Gasteiger partial charge >= 0.3 is 0 Å². The lowest BCUT2D eigenvalue weighted by Gasteiger charge is -2.47. The Balaban J connectivity index is 1.20. The number of fused-ring (bicyclic) bond motifs is 2. The first-order chi connectivity index (χ1) is 15.6. The number of aryl methyl sites for hydroxylation is 1. The lowest BCUT2D eigenvalue weighted by atomic mass is 9.79. The number of nitrogens with one attached hydrogen (secondary N) is 2. The van der Waals surface area contributed by atoms with Gasteiger partial charge in [-0.15, -0.1) is 16.9 Å². The molecule has 1 fully saturated rings. The van der Waals surface area contributed by atoms with Gasteiger partial charge in [0.1, 0.15) is 0 Å². The molecule has 3 aliphatic heterocycles. The van der Waals surface area contributed by atoms with E-state index < -0.39 is 0 Å². The first-order valence-electron chi connectivity index (χ1n) is 11.7. The number of ether oxygens (including phenoxy) is 1. The van der Waals surface area contributed by atoms with Crippen molar-refractivity contribution in [3.63, 3.8) is 0 Å². The van der Waals surface area contributed by atoms with Crippen molar-refractivity contribution in [2.75, 3.05) is 26.3 Å². The van der Waals surface area contributed by atoms with Crippen LogP contribution in [0.1, 0.15) is 47.6 Å². The van der Waals surface area contributed by atoms with Crippen LogP contribution in [0.5, 0.6) is 0 Å². The van der Waals surface area contributed by atoms with Gasteiger partial charge in [-0.25, -0.2) is 0 Å². The molecule has 0 radical (unpaired) electrons. The van der Waals surface area contributed by atoms with Gasteiger partial charge in [0.2, 0.25) is 0 Å². The molecule has 32 heavy (non-hydrogen) atoms. The van der Waals surface area contributed by atoms with E-state index in [4.69, 9.17) is 9.84 Å². The molecule has 1 spiro atoms. The molecule has 0 aliphatic carbocycles. The Kier molecular flexibility index (Phi) is 6.26. The molecule has 3 N–H and O–H groups in total. The Morgan fingerprint density at radius 2 is 2.28 bits per heavy atom. The first kappa shape index (κ1) is 21.9. The number of likely N-dealkylation sites (tertiary alicyclic amines) is 1. The number of aliphatic hydroxyl groups excluding tert-OH is 1. The fraction of sp³-hybridized carbons (Fsp3) is 0.609. The van der Waals surface area contributed by atoms with E-state index in [1.807, 2.05) is 28.7 Å². The number of hydrazine groups is 2. The number of thiophene rings is 1. The second-order valence-electron chi connectivity index (χ2n) is 9.12. The number of hydrogen-bond acceptors (Lipinski definition) is 8. The highest BCUT2D eigenvalue weighted by molar-refractivity contribution is 7.12. The van der Waals surface area contributed by atoms with Crippen molar-refractivity contribution in [3.05, 3.63) is 51.2 Å². The summed E-state index contributed by atoms with van der Waals surface area (Å²) in [6.45, 7) is 8.70. The minimum Gasteiger partial charge on any atom is -0.394 e. The fourth-order valence-electron chi connectivity index (χ4n) is 5.20. The van der Waals surface area contributed by atoms with Crippen molar-refractivity contribution in [2.24, 2.45) is 0 Å². The van der Waals surface area contributed by atoms with Crippen molar-refractivity contribution in [2.45, 2.75) is 64.3 Å². The van der Waals surface area contributed by atoms with E-state index >= 15 is 0 Å². The molecule has 0 unspecified atom stereocenters. The monoisotopic (exact) mass is 458 g/mol. The largest absolute Gasteiger partial charge is 0.394 e. The SMILES string of the molecule is CCc1cc2c(s1)CCO[C@@]21CCN(CC2=CN(Cc3cnn(CCO)c3)NN2)[C@@H](C)C1. The molecule has 174 valence electrons. The fourth-order valence-corrected chi connectivity index (χ4v) is 6.38. The summed E-state index contributed by atoms with van der Waals surface area (Å²) in [5, 5.41) is 15.4. The van der Waals surface area contributed by atoms with Crippen LogP contribution in [0, 0.1) is 0 Å². The number of nitrogens with zero attached hydrogens (tertiary/aromatic N) is 4. The van der Waals surface area contributed by atoms with Gasteiger partial charge in [0.05, 0.1) is 43.8 Å². The summed E-state index contributed by atoms with van der Waals surface area (Å²) in [5.41, 5.74) is 10.2. The summed E-state index contributed by atoms with van der Waals surface area (Å²) in [7, 11) is 0. The first-order valence-corrected chi connectivity index (χ1v) is 12.5. The molecule has 2 aromatic heterocycles. The molecule has 0 aromatic carbocycles. The molecule has 8 nitrogen and oxygen atoms in total. The molecule has 1 saturated heterocycles. The minimum absolute atomic E-state index is 0.0933. The molecular weight excluding hydrogens is 424 g/mol. The predicted molar refractivity (Wildman–Crippen MR) is 125 cm³/mol. The Bertz CT molecular complexity index is 972. The van der Waals surface area contributed by atoms with Crippen LogP contribution in [0.15, 0.2) is 30.4 Å². The standard InChI is InChI=1S/C23H34N6O2S/c1-3-20-10-21-22(32-20)4-9-31-23(21)5-6-27(17(2)11-23)15-19-16-29(26-25-19)14-18-12-24-28(13-18)7-8-30/h10,12-13,16-17,25-26,30H,3-9,11,14-15H2,1-2H3/t17-,23+/m0/s1. The van der Waals surface area contributed by atoms with E-state index in [2.05, 4.69) is 47.1 Å². The summed E-state index contributed by atoms with van der Waals surface area (Å²) in [6.07, 6.45) is 10.2. The quantitative estimate of drug-likeness (QED) is 0.587. The third-order valence-corrected chi connectivity index (χ3v) is 8.21. The molecule has 2 atom stereocenters. The van der Waals surface area contributed by atoms with Crippen molar-refractivity contribution in [1.29, 1.82) is 0 Å². The van der Waals surface area contributed by atoms with Crippen LogP contribution in [-0.2, 0) is 36.3 Å². The third kappa shape index (κ3) is 4.32. The van der Waals surface area contributed by atoms with Crippen molar-refractivity contribution in [1.82, 2.24) is 30.6 Å². The number of hydrogen-bond donors (Lipinski definition) is 3. The second kappa shape index (κ2) is 9.15. The second-order valence-corrected chi connectivity index (χ2v) is 10.3. The maximum absolute atomic E-state index is 9.05. The highest BCUT2D eigenvalue weighted by Crippen LogP contribution is 2.46. The van der Waals surface area contributed by atoms with Crippen molar-refractivity contribution >= 4 is 11.3 Å². The number of rotatable bonds is 7. The molecule has 2 aromatic rings. The Morgan fingerprint density at radius 1 is 1.38 bits per heavy atom. The molecule has 3 aliphatic rings. The predicted octanol–water partition coefficient (Wildman–Crippen LogP) is 2.12. The normalized spacial score (nSPS) is 25.8. The van der Waals surface area contributed by atoms with Gasteiger partial charge in [0.15, 0.2) is 0 Å². The van der Waals surface area contributed by atoms with E-state index in [1.165, 1.54) is 16.1 Å². The summed E-state index contributed by atoms with van der Waals surface area (Å²) in [6, 6.07) is 2.88. The summed E-state index contributed by atoms with van der Waals surface area (Å²) >= 11 is 1.99. The zero-order valence-corrected chi connectivity index (χ0v) is 19.8. The van der Waals surface area contributed by atoms with Crippen molar-refractivity contribution in [3.8, 4) is 0 Å². The van der Waals surface area contributed by atoms with Gasteiger partial charge in [0, 0.05) is 53.3 Å². The smallest absolute Gasteiger partial charge is 0.0969 e. The molecule has 5 rings (SSSR count). The highest BCUT2D eigenvalue weighted by Gasteiger charge is 2.44. The molecular formula is C23H34N6O2S. The average Bonchev–Trinajstić information content (AvgIpc) is 3.51. The number of aliphatic hydroxyl groups is 1. The van der Waals surface area contributed by atoms with E-state index in [-0.39, 0.29) is 12.2 Å². The topological polar surface area (TPSA) is 77.8 Å². The zero-order chi connectivity index (χ0) is 22.1. The number of piperidine rings is 1. The molecule has 9 heteroatoms. The minimum atomic E-state index is -0.0933. The molecule has 0 saturated carbocycles. The van der Waals surface area contributed by atoms with E-state index in [1.54, 1.807) is 9.56 Å². The van der Waals surface area contributed by atoms with Gasteiger partial charge in [0.25, 0.3) is 0 Å². The maximum Gasteiger partial charge on any atom is 0.0969 e. The van der Waals surface area contributed by atoms with E-state index in [9.17, 15) is 0 Å². The Hall–Kier alpha value is -1.91. The highest BCUT2D eigenvalue weighted by atomic mass is 32.1. The van der Waals surface area contributed by atoms with Crippen LogP contribution in [0.4, 0.5) is 0 Å². The van der Waals surface area contributed by atoms with Gasteiger partial charge in [-0.3, -0.25) is 14.6 Å². The van der Waals surface area contributed by atoms with Crippen LogP contribution >= 0.6 is 11.3 Å². The lowest BCUT2D eigenvalue weighted by molar-refractivity contribution is -0.109. The Morgan fingerprint density at radius 3 is 3.09 bits per heavy atom. The van der Waals surface area contributed by atoms with Gasteiger partial charge in [-0.2, -0.15) is 5.10 Å². The lowest BCUT2D eigenvalue weighted by Crippen LogP contribution is -2.51. The van der Waals surface area contributed by atoms with Crippen LogP contribution < -0.4 is 11.0 Å². The molecule has 0 amide bonds. The number of aromatic nitrogens is 2. The van der Waals surface area contributed by atoms with E-state index in [0.29, 0.717) is 12.6 Å². The third-order valence-electron chi connectivity index (χ3n) is 6.87. The Labute approximate surface area is 193 Å². The molecule has 0 bridgehead atoms. The van der Waals surface area contributed by atoms with Gasteiger partial charge < -0.3 is 15.3 Å². The summed E-state index contributed by atoms with van der Waals surface area (Å²) in [4.78, 5) is 5.60. The zero-order valence-electron chi connectivity index (χ0n) is 19.0. The summed E-state index contributed by atoms with van der Waals surface area (Å²) in [5.74, 6) is 0.